The van der Waals surface area contributed by atoms with Gasteiger partial charge in [0.25, 0.3) is 5.91 Å². The first-order valence-electron chi connectivity index (χ1n) is 6.41. The van der Waals surface area contributed by atoms with Crippen LogP contribution in [-0.2, 0) is 0 Å². The fourth-order valence-electron chi connectivity index (χ4n) is 2.35. The van der Waals surface area contributed by atoms with Crippen molar-refractivity contribution in [2.75, 3.05) is 26.4 Å². The maximum atomic E-state index is 12.1. The lowest BCUT2D eigenvalue weighted by Crippen LogP contribution is -2.34. The van der Waals surface area contributed by atoms with Gasteiger partial charge in [-0.1, -0.05) is 11.6 Å². The van der Waals surface area contributed by atoms with Crippen LogP contribution in [0.3, 0.4) is 0 Å². The zero-order valence-corrected chi connectivity index (χ0v) is 12.7. The highest BCUT2D eigenvalue weighted by molar-refractivity contribution is 6.32. The van der Waals surface area contributed by atoms with Gasteiger partial charge in [0, 0.05) is 31.1 Å². The number of nitrogens with one attached hydrogen (secondary N) is 2. The smallest absolute Gasteiger partial charge is 0.251 e. The number of hydrogen-bond acceptors (Lipinski definition) is 5. The monoisotopic (exact) mass is 334 g/mol. The van der Waals surface area contributed by atoms with Crippen molar-refractivity contribution in [3.8, 4) is 11.5 Å². The van der Waals surface area contributed by atoms with Crippen LogP contribution in [0.1, 0.15) is 10.4 Å². The number of rotatable bonds is 3. The van der Waals surface area contributed by atoms with Crippen LogP contribution in [0.25, 0.3) is 0 Å². The summed E-state index contributed by atoms with van der Waals surface area (Å²) in [6.45, 7) is 1.79. The van der Waals surface area contributed by atoms with Crippen molar-refractivity contribution in [2.24, 2.45) is 5.92 Å². The molecule has 2 aliphatic rings. The number of amides is 1. The second kappa shape index (κ2) is 6.70. The number of aliphatic hydroxyl groups excluding tert-OH is 1. The van der Waals surface area contributed by atoms with Gasteiger partial charge in [0.05, 0.1) is 11.1 Å². The molecule has 0 bridgehead atoms. The Morgan fingerprint density at radius 1 is 1.43 bits per heavy atom. The predicted molar refractivity (Wildman–Crippen MR) is 79.5 cm³/mol. The van der Waals surface area contributed by atoms with E-state index in [-0.39, 0.29) is 31.0 Å². The Balaban J connectivity index is 0.00000161. The molecule has 1 saturated heterocycles. The molecule has 0 radical (unpaired) electrons. The van der Waals surface area contributed by atoms with E-state index < -0.39 is 6.10 Å². The first kappa shape index (κ1) is 16.2. The van der Waals surface area contributed by atoms with Gasteiger partial charge in [-0.2, -0.15) is 0 Å². The van der Waals surface area contributed by atoms with Crippen molar-refractivity contribution >= 4 is 29.9 Å². The van der Waals surface area contributed by atoms with Crippen LogP contribution < -0.4 is 20.1 Å². The van der Waals surface area contributed by atoms with Gasteiger partial charge < -0.3 is 25.2 Å². The molecule has 0 spiro atoms. The molecule has 0 saturated carbocycles. The number of fused-ring (bicyclic) bond motifs is 1. The first-order valence-corrected chi connectivity index (χ1v) is 6.79. The molecule has 1 amide bonds. The third-order valence-electron chi connectivity index (χ3n) is 3.52. The van der Waals surface area contributed by atoms with E-state index in [9.17, 15) is 9.90 Å². The Kier molecular flexibility index (Phi) is 5.16. The number of benzene rings is 1. The Labute approximate surface area is 133 Å². The van der Waals surface area contributed by atoms with E-state index in [1.165, 1.54) is 0 Å². The first-order chi connectivity index (χ1) is 9.65. The van der Waals surface area contributed by atoms with Gasteiger partial charge >= 0.3 is 0 Å². The van der Waals surface area contributed by atoms with Crippen molar-refractivity contribution in [3.63, 3.8) is 0 Å². The summed E-state index contributed by atoms with van der Waals surface area (Å²) in [4.78, 5) is 12.1. The number of hydrogen-bond donors (Lipinski definition) is 3. The highest BCUT2D eigenvalue weighted by atomic mass is 35.5. The highest BCUT2D eigenvalue weighted by Gasteiger charge is 2.26. The van der Waals surface area contributed by atoms with Gasteiger partial charge in [-0.25, -0.2) is 0 Å². The molecule has 2 unspecified atom stereocenters. The molecular formula is C13H16Cl2N2O4. The summed E-state index contributed by atoms with van der Waals surface area (Å²) in [7, 11) is 0. The van der Waals surface area contributed by atoms with Crippen LogP contribution >= 0.6 is 24.0 Å². The number of β-amino-alcohol motifs (C(OH)–C–C–N with tert-alkyl or cyclic N) is 1. The number of carbonyl (C=O) groups is 1. The molecule has 21 heavy (non-hydrogen) atoms. The van der Waals surface area contributed by atoms with Crippen LogP contribution in [0.2, 0.25) is 5.02 Å². The van der Waals surface area contributed by atoms with Gasteiger partial charge in [0.1, 0.15) is 0 Å². The number of halogens is 2. The van der Waals surface area contributed by atoms with Crippen molar-refractivity contribution in [1.82, 2.24) is 10.6 Å². The molecule has 6 nitrogen and oxygen atoms in total. The highest BCUT2D eigenvalue weighted by Crippen LogP contribution is 2.39. The maximum absolute atomic E-state index is 12.1. The molecular weight excluding hydrogens is 319 g/mol. The zero-order chi connectivity index (χ0) is 14.1. The lowest BCUT2D eigenvalue weighted by atomic mass is 10.1. The van der Waals surface area contributed by atoms with E-state index in [2.05, 4.69) is 10.6 Å². The Morgan fingerprint density at radius 3 is 2.95 bits per heavy atom. The Bertz CT molecular complexity index is 541. The third kappa shape index (κ3) is 3.35. The molecule has 1 fully saturated rings. The van der Waals surface area contributed by atoms with Gasteiger partial charge in [-0.15, -0.1) is 12.4 Å². The minimum Gasteiger partial charge on any atom is -0.454 e. The lowest BCUT2D eigenvalue weighted by molar-refractivity contribution is 0.0926. The fraction of sp³-hybridized carbons (Fsp3) is 0.462. The summed E-state index contributed by atoms with van der Waals surface area (Å²) >= 11 is 6.03. The minimum atomic E-state index is -0.421. The second-order valence-corrected chi connectivity index (χ2v) is 5.29. The molecule has 2 aliphatic heterocycles. The van der Waals surface area contributed by atoms with Crippen molar-refractivity contribution in [3.05, 3.63) is 22.7 Å². The largest absolute Gasteiger partial charge is 0.454 e. The minimum absolute atomic E-state index is 0. The number of ether oxygens (including phenoxy) is 2. The average molecular weight is 335 g/mol. The van der Waals surface area contributed by atoms with Gasteiger partial charge in [-0.05, 0) is 12.1 Å². The van der Waals surface area contributed by atoms with Crippen molar-refractivity contribution < 1.29 is 19.4 Å². The van der Waals surface area contributed by atoms with E-state index >= 15 is 0 Å². The normalized spacial score (nSPS) is 22.8. The zero-order valence-electron chi connectivity index (χ0n) is 11.1. The van der Waals surface area contributed by atoms with Crippen molar-refractivity contribution in [2.45, 2.75) is 6.10 Å². The van der Waals surface area contributed by atoms with Gasteiger partial charge in [-0.3, -0.25) is 4.79 Å². The summed E-state index contributed by atoms with van der Waals surface area (Å²) in [6, 6.07) is 3.15. The van der Waals surface area contributed by atoms with E-state index in [1.54, 1.807) is 12.1 Å². The topological polar surface area (TPSA) is 79.8 Å². The van der Waals surface area contributed by atoms with Crippen molar-refractivity contribution in [1.29, 1.82) is 0 Å². The Hall–Kier alpha value is -1.21. The summed E-state index contributed by atoms with van der Waals surface area (Å²) in [6.07, 6.45) is -0.421. The molecule has 0 aromatic heterocycles. The molecule has 116 valence electrons. The molecule has 1 aromatic rings. The van der Waals surface area contributed by atoms with Crippen LogP contribution in [-0.4, -0.2) is 43.5 Å². The van der Waals surface area contributed by atoms with Crippen LogP contribution in [0, 0.1) is 5.92 Å². The molecule has 1 aromatic carbocycles. The SMILES string of the molecule is Cl.O=C(NCC1CNCC1O)c1cc(Cl)c2c(c1)OCO2. The van der Waals surface area contributed by atoms with E-state index in [0.717, 1.165) is 0 Å². The summed E-state index contributed by atoms with van der Waals surface area (Å²) in [5, 5.41) is 15.9. The molecule has 2 heterocycles. The average Bonchev–Trinajstić information content (AvgIpc) is 3.05. The maximum Gasteiger partial charge on any atom is 0.251 e. The summed E-state index contributed by atoms with van der Waals surface area (Å²) in [5.74, 6) is 0.733. The molecule has 0 aliphatic carbocycles. The molecule has 3 N–H and O–H groups in total. The van der Waals surface area contributed by atoms with Crippen LogP contribution in [0.4, 0.5) is 0 Å². The van der Waals surface area contributed by atoms with E-state index in [0.29, 0.717) is 41.7 Å². The van der Waals surface area contributed by atoms with Crippen LogP contribution in [0.5, 0.6) is 11.5 Å². The molecule has 3 rings (SSSR count). The second-order valence-electron chi connectivity index (χ2n) is 4.89. The van der Waals surface area contributed by atoms with Crippen LogP contribution in [0.15, 0.2) is 12.1 Å². The summed E-state index contributed by atoms with van der Waals surface area (Å²) < 4.78 is 10.4. The third-order valence-corrected chi connectivity index (χ3v) is 3.80. The Morgan fingerprint density at radius 2 is 2.24 bits per heavy atom. The quantitative estimate of drug-likeness (QED) is 0.762. The fourth-order valence-corrected chi connectivity index (χ4v) is 2.62. The van der Waals surface area contributed by atoms with Gasteiger partial charge in [0.2, 0.25) is 6.79 Å². The molecule has 8 heteroatoms. The summed E-state index contributed by atoms with van der Waals surface area (Å²) in [5.41, 5.74) is 0.416. The predicted octanol–water partition coefficient (Wildman–Crippen LogP) is 0.801. The van der Waals surface area contributed by atoms with E-state index in [4.69, 9.17) is 21.1 Å². The number of carbonyl (C=O) groups excluding carboxylic acids is 1. The number of aliphatic hydroxyl groups is 1. The van der Waals surface area contributed by atoms with E-state index in [1.807, 2.05) is 0 Å². The van der Waals surface area contributed by atoms with Gasteiger partial charge in [0.15, 0.2) is 11.5 Å². The lowest BCUT2D eigenvalue weighted by Gasteiger charge is -2.14. The molecule has 2 atom stereocenters. The standard InChI is InChI=1S/C13H15ClN2O4.ClH/c14-9-1-7(2-11-12(9)20-6-19-11)13(18)16-4-8-3-15-5-10(8)17;/h1-2,8,10,15,17H,3-6H2,(H,16,18);1H.